The van der Waals surface area contributed by atoms with Gasteiger partial charge in [-0.1, -0.05) is 26.0 Å². The second-order valence-corrected chi connectivity index (χ2v) is 15.8. The lowest BCUT2D eigenvalue weighted by atomic mass is 9.94. The van der Waals surface area contributed by atoms with Crippen molar-refractivity contribution in [2.75, 3.05) is 25.0 Å². The fraction of sp³-hybridized carbons (Fsp3) is 0.419. The number of para-hydroxylation sites is 1. The minimum absolute atomic E-state index is 0.228. The molecule has 10 heteroatoms. The van der Waals surface area contributed by atoms with Gasteiger partial charge in [0.05, 0.1) is 15.1 Å². The molecule has 1 N–H and O–H groups in total. The third-order valence-corrected chi connectivity index (χ3v) is 12.2. The zero-order chi connectivity index (χ0) is 28.9. The standard InChI is InChI=1S/C31H36N4O3S3/c1-19(2)34-14-13-24-27(18-34)40-31(28(24)30-32-25-7-5-6-8-26(25)39-30)33-29(36)22-9-11-23(12-10-22)41(37,38)35-16-20(3)15-21(4)17-35/h5-12,19-21H,13-18H2,1-4H3,(H,33,36)/t20-,21-/m1/s1. The Balaban J connectivity index is 1.29. The highest BCUT2D eigenvalue weighted by Gasteiger charge is 2.32. The summed E-state index contributed by atoms with van der Waals surface area (Å²) in [6.45, 7) is 11.5. The molecule has 4 heterocycles. The van der Waals surface area contributed by atoms with Crippen molar-refractivity contribution in [1.82, 2.24) is 14.2 Å². The Morgan fingerprint density at radius 2 is 1.73 bits per heavy atom. The van der Waals surface area contributed by atoms with E-state index in [9.17, 15) is 13.2 Å². The number of amides is 1. The highest BCUT2D eigenvalue weighted by molar-refractivity contribution is 7.89. The van der Waals surface area contributed by atoms with Crippen LogP contribution in [-0.2, 0) is 23.0 Å². The Morgan fingerprint density at radius 1 is 1.02 bits per heavy atom. The second-order valence-electron chi connectivity index (χ2n) is 11.8. The summed E-state index contributed by atoms with van der Waals surface area (Å²) in [6.07, 6.45) is 1.94. The number of hydrogen-bond acceptors (Lipinski definition) is 7. The minimum Gasteiger partial charge on any atom is -0.313 e. The van der Waals surface area contributed by atoms with E-state index in [-0.39, 0.29) is 10.8 Å². The van der Waals surface area contributed by atoms with E-state index >= 15 is 0 Å². The van der Waals surface area contributed by atoms with Crippen LogP contribution in [0.15, 0.2) is 53.4 Å². The van der Waals surface area contributed by atoms with Crippen LogP contribution in [0.3, 0.4) is 0 Å². The molecule has 0 radical (unpaired) electrons. The second kappa shape index (κ2) is 11.2. The zero-order valence-corrected chi connectivity index (χ0v) is 26.3. The Hall–Kier alpha value is -2.63. The SMILES string of the molecule is CC(C)N1CCc2c(sc(NC(=O)c3ccc(S(=O)(=O)N4C[C@H](C)C[C@@H](C)C4)cc3)c2-c2nc3ccccc3s2)C1. The summed E-state index contributed by atoms with van der Waals surface area (Å²) in [7, 11) is -3.61. The van der Waals surface area contributed by atoms with Gasteiger partial charge in [-0.3, -0.25) is 9.69 Å². The summed E-state index contributed by atoms with van der Waals surface area (Å²) in [5.74, 6) is 0.399. The maximum Gasteiger partial charge on any atom is 0.256 e. The van der Waals surface area contributed by atoms with E-state index in [1.807, 2.05) is 18.2 Å². The molecule has 41 heavy (non-hydrogen) atoms. The fourth-order valence-corrected chi connectivity index (χ4v) is 10.1. The minimum atomic E-state index is -3.61. The molecule has 2 aliphatic heterocycles. The third-order valence-electron chi connectivity index (χ3n) is 8.14. The molecule has 1 saturated heterocycles. The molecule has 2 aromatic carbocycles. The number of fused-ring (bicyclic) bond motifs is 2. The average Bonchev–Trinajstić information content (AvgIpc) is 3.52. The van der Waals surface area contributed by atoms with Crippen molar-refractivity contribution in [2.45, 2.75) is 58.0 Å². The lowest BCUT2D eigenvalue weighted by Gasteiger charge is -2.34. The van der Waals surface area contributed by atoms with Crippen LogP contribution in [0.4, 0.5) is 5.00 Å². The van der Waals surface area contributed by atoms with Gasteiger partial charge in [-0.2, -0.15) is 4.31 Å². The summed E-state index contributed by atoms with van der Waals surface area (Å²) in [6, 6.07) is 14.9. The highest BCUT2D eigenvalue weighted by Crippen LogP contribution is 2.46. The number of rotatable bonds is 6. The maximum atomic E-state index is 13.5. The van der Waals surface area contributed by atoms with Crippen molar-refractivity contribution in [3.8, 4) is 10.6 Å². The van der Waals surface area contributed by atoms with Gasteiger partial charge >= 0.3 is 0 Å². The van der Waals surface area contributed by atoms with Gasteiger partial charge in [0.25, 0.3) is 5.91 Å². The molecule has 0 unspecified atom stereocenters. The van der Waals surface area contributed by atoms with Gasteiger partial charge < -0.3 is 5.32 Å². The Kier molecular flexibility index (Phi) is 7.80. The van der Waals surface area contributed by atoms with Gasteiger partial charge in [-0.15, -0.1) is 22.7 Å². The molecule has 0 spiro atoms. The van der Waals surface area contributed by atoms with Crippen LogP contribution in [0.1, 0.15) is 54.9 Å². The van der Waals surface area contributed by atoms with E-state index in [4.69, 9.17) is 4.98 Å². The van der Waals surface area contributed by atoms with Crippen LogP contribution < -0.4 is 5.32 Å². The average molecular weight is 609 g/mol. The number of carbonyl (C=O) groups is 1. The summed E-state index contributed by atoms with van der Waals surface area (Å²) in [4.78, 5) is 22.4. The number of carbonyl (C=O) groups excluding carboxylic acids is 1. The number of thiazole rings is 1. The largest absolute Gasteiger partial charge is 0.313 e. The molecule has 4 aromatic rings. The number of anilines is 1. The molecule has 0 saturated carbocycles. The number of sulfonamides is 1. The Morgan fingerprint density at radius 3 is 2.41 bits per heavy atom. The van der Waals surface area contributed by atoms with Gasteiger partial charge in [0.2, 0.25) is 10.0 Å². The van der Waals surface area contributed by atoms with E-state index in [1.165, 1.54) is 10.4 Å². The molecule has 2 aromatic heterocycles. The van der Waals surface area contributed by atoms with Gasteiger partial charge in [0, 0.05) is 48.2 Å². The number of benzene rings is 2. The van der Waals surface area contributed by atoms with Crippen molar-refractivity contribution >= 4 is 53.8 Å². The molecule has 1 amide bonds. The first-order chi connectivity index (χ1) is 19.6. The van der Waals surface area contributed by atoms with Gasteiger partial charge in [-0.05, 0) is 80.5 Å². The molecule has 7 nitrogen and oxygen atoms in total. The van der Waals surface area contributed by atoms with Crippen LogP contribution in [0.5, 0.6) is 0 Å². The third kappa shape index (κ3) is 5.60. The summed E-state index contributed by atoms with van der Waals surface area (Å²) < 4.78 is 29.4. The normalized spacial score (nSPS) is 20.4. The molecule has 2 aliphatic rings. The van der Waals surface area contributed by atoms with E-state index in [2.05, 4.69) is 44.0 Å². The van der Waals surface area contributed by atoms with Gasteiger partial charge in [0.15, 0.2) is 0 Å². The maximum absolute atomic E-state index is 13.5. The molecule has 1 fully saturated rings. The van der Waals surface area contributed by atoms with Gasteiger partial charge in [0.1, 0.15) is 10.0 Å². The summed E-state index contributed by atoms with van der Waals surface area (Å²) in [5, 5.41) is 4.90. The number of hydrogen-bond donors (Lipinski definition) is 1. The van der Waals surface area contributed by atoms with Gasteiger partial charge in [-0.25, -0.2) is 13.4 Å². The zero-order valence-electron chi connectivity index (χ0n) is 23.9. The number of piperidine rings is 1. The number of nitrogens with zero attached hydrogens (tertiary/aromatic N) is 3. The number of thiophene rings is 1. The van der Waals surface area contributed by atoms with Crippen LogP contribution in [0.2, 0.25) is 0 Å². The van der Waals surface area contributed by atoms with Crippen LogP contribution in [0, 0.1) is 11.8 Å². The first kappa shape index (κ1) is 28.5. The predicted molar refractivity (Wildman–Crippen MR) is 168 cm³/mol. The topological polar surface area (TPSA) is 82.6 Å². The monoisotopic (exact) mass is 608 g/mol. The molecule has 2 atom stereocenters. The predicted octanol–water partition coefficient (Wildman–Crippen LogP) is 6.71. The van der Waals surface area contributed by atoms with Crippen LogP contribution in [-0.4, -0.2) is 54.2 Å². The van der Waals surface area contributed by atoms with Crippen molar-refractivity contribution in [3.63, 3.8) is 0 Å². The molecular formula is C31H36N4O3S3. The number of aromatic nitrogens is 1. The first-order valence-corrected chi connectivity index (χ1v) is 17.3. The van der Waals surface area contributed by atoms with Crippen molar-refractivity contribution in [3.05, 3.63) is 64.5 Å². The molecular weight excluding hydrogens is 573 g/mol. The van der Waals surface area contributed by atoms with Crippen LogP contribution in [0.25, 0.3) is 20.8 Å². The molecule has 0 aliphatic carbocycles. The Labute approximate surface area is 250 Å². The lowest BCUT2D eigenvalue weighted by molar-refractivity contribution is 0.102. The van der Waals surface area contributed by atoms with E-state index in [0.717, 1.165) is 51.7 Å². The Bertz CT molecular complexity index is 1650. The number of nitrogens with one attached hydrogen (secondary N) is 1. The van der Waals surface area contributed by atoms with E-state index < -0.39 is 10.0 Å². The smallest absolute Gasteiger partial charge is 0.256 e. The van der Waals surface area contributed by atoms with E-state index in [1.54, 1.807) is 51.2 Å². The quantitative estimate of drug-likeness (QED) is 0.263. The van der Waals surface area contributed by atoms with Crippen LogP contribution >= 0.6 is 22.7 Å². The summed E-state index contributed by atoms with van der Waals surface area (Å²) in [5.41, 5.74) is 3.68. The summed E-state index contributed by atoms with van der Waals surface area (Å²) >= 11 is 3.28. The lowest BCUT2D eigenvalue weighted by Crippen LogP contribution is -2.42. The molecule has 216 valence electrons. The molecule has 6 rings (SSSR count). The van der Waals surface area contributed by atoms with Crippen molar-refractivity contribution in [1.29, 1.82) is 0 Å². The highest BCUT2D eigenvalue weighted by atomic mass is 32.2. The van der Waals surface area contributed by atoms with E-state index in [0.29, 0.717) is 36.5 Å². The van der Waals surface area contributed by atoms with Crippen molar-refractivity contribution in [2.24, 2.45) is 11.8 Å². The molecule has 0 bridgehead atoms. The first-order valence-electron chi connectivity index (χ1n) is 14.3. The fourth-order valence-electron chi connectivity index (χ4n) is 6.06. The van der Waals surface area contributed by atoms with Crippen molar-refractivity contribution < 1.29 is 13.2 Å².